The maximum absolute atomic E-state index is 14.2. The van der Waals surface area contributed by atoms with E-state index in [-0.39, 0.29) is 23.3 Å². The molecule has 0 spiro atoms. The first-order valence-corrected chi connectivity index (χ1v) is 7.66. The average Bonchev–Trinajstić information content (AvgIpc) is 3.23. The molecule has 0 saturated carbocycles. The minimum Gasteiger partial charge on any atom is -0.381 e. The number of hydrogen-bond donors (Lipinski definition) is 0. The Bertz CT molecular complexity index is 767. The molecule has 3 rings (SSSR count). The van der Waals surface area contributed by atoms with Gasteiger partial charge in [0.15, 0.2) is 5.78 Å². The Hall–Kier alpha value is -2.29. The van der Waals surface area contributed by atoms with Crippen LogP contribution >= 0.6 is 0 Å². The van der Waals surface area contributed by atoms with E-state index in [0.29, 0.717) is 25.6 Å². The van der Waals surface area contributed by atoms with Crippen molar-refractivity contribution in [2.75, 3.05) is 13.2 Å². The monoisotopic (exact) mass is 358 g/mol. The molecule has 0 N–H and O–H groups in total. The van der Waals surface area contributed by atoms with Gasteiger partial charge >= 0.3 is 12.1 Å². The summed E-state index contributed by atoms with van der Waals surface area (Å²) >= 11 is 0. The number of Topliss-reactive ketones (excluding diaryl/α,β-unsaturated/α-hetero) is 1. The number of ether oxygens (including phenoxy) is 1. The lowest BCUT2D eigenvalue weighted by Crippen LogP contribution is -2.06. The Labute approximate surface area is 140 Å². The maximum atomic E-state index is 14.2. The van der Waals surface area contributed by atoms with Crippen LogP contribution in [0, 0.1) is 11.7 Å². The van der Waals surface area contributed by atoms with Gasteiger partial charge < -0.3 is 9.26 Å². The normalized spacial score (nSPS) is 17.8. The molecule has 5 nitrogen and oxygen atoms in total. The molecule has 25 heavy (non-hydrogen) atoms. The molecule has 0 bridgehead atoms. The van der Waals surface area contributed by atoms with E-state index in [1.54, 1.807) is 0 Å². The Morgan fingerprint density at radius 2 is 2.12 bits per heavy atom. The number of aromatic nitrogens is 2. The van der Waals surface area contributed by atoms with Crippen LogP contribution in [0.1, 0.15) is 35.5 Å². The van der Waals surface area contributed by atoms with Crippen molar-refractivity contribution in [2.24, 2.45) is 5.92 Å². The first-order chi connectivity index (χ1) is 11.8. The van der Waals surface area contributed by atoms with Gasteiger partial charge in [-0.05, 0) is 30.9 Å². The first-order valence-electron chi connectivity index (χ1n) is 7.66. The molecule has 2 heterocycles. The predicted molar refractivity (Wildman–Crippen MR) is 77.2 cm³/mol. The quantitative estimate of drug-likeness (QED) is 0.599. The second-order valence-corrected chi connectivity index (χ2v) is 5.81. The van der Waals surface area contributed by atoms with Crippen molar-refractivity contribution >= 4 is 5.78 Å². The van der Waals surface area contributed by atoms with Gasteiger partial charge in [0.1, 0.15) is 5.82 Å². The van der Waals surface area contributed by atoms with E-state index < -0.39 is 23.7 Å². The third kappa shape index (κ3) is 4.04. The van der Waals surface area contributed by atoms with E-state index in [9.17, 15) is 22.4 Å². The van der Waals surface area contributed by atoms with E-state index in [2.05, 4.69) is 14.7 Å². The summed E-state index contributed by atoms with van der Waals surface area (Å²) in [5.41, 5.74) is -0.111. The van der Waals surface area contributed by atoms with Gasteiger partial charge in [-0.15, -0.1) is 0 Å². The molecule has 1 saturated heterocycles. The van der Waals surface area contributed by atoms with Crippen molar-refractivity contribution in [3.05, 3.63) is 35.5 Å². The Balaban J connectivity index is 1.71. The number of nitrogens with zero attached hydrogens (tertiary/aromatic N) is 2. The van der Waals surface area contributed by atoms with Crippen molar-refractivity contribution in [3.8, 4) is 11.4 Å². The molecule has 1 unspecified atom stereocenters. The second-order valence-electron chi connectivity index (χ2n) is 5.81. The Kier molecular flexibility index (Phi) is 4.85. The summed E-state index contributed by atoms with van der Waals surface area (Å²) < 4.78 is 60.8. The van der Waals surface area contributed by atoms with Crippen LogP contribution in [-0.2, 0) is 10.9 Å². The van der Waals surface area contributed by atoms with Crippen LogP contribution in [-0.4, -0.2) is 29.1 Å². The van der Waals surface area contributed by atoms with Gasteiger partial charge in [0.2, 0.25) is 5.82 Å². The standard InChI is InChI=1S/C16H14F4N2O3/c17-12-7-10(13(23)4-1-9-5-6-24-8-9)2-3-11(12)14-21-15(25-22-14)16(18,19)20/h2-3,7,9H,1,4-6,8H2. The molecule has 1 aromatic heterocycles. The molecule has 2 aromatic rings. The minimum absolute atomic E-state index is 0.153. The van der Waals surface area contributed by atoms with Crippen LogP contribution in [0.2, 0.25) is 0 Å². The molecule has 134 valence electrons. The molecule has 1 atom stereocenters. The first kappa shape index (κ1) is 17.5. The second kappa shape index (κ2) is 6.91. The largest absolute Gasteiger partial charge is 0.471 e. The van der Waals surface area contributed by atoms with E-state index in [0.717, 1.165) is 12.5 Å². The molecule has 1 aliphatic heterocycles. The lowest BCUT2D eigenvalue weighted by Gasteiger charge is -2.07. The van der Waals surface area contributed by atoms with Crippen LogP contribution in [0.15, 0.2) is 22.7 Å². The fourth-order valence-corrected chi connectivity index (χ4v) is 2.61. The average molecular weight is 358 g/mol. The highest BCUT2D eigenvalue weighted by Crippen LogP contribution is 2.30. The molecule has 1 fully saturated rings. The number of carbonyl (C=O) groups excluding carboxylic acids is 1. The lowest BCUT2D eigenvalue weighted by atomic mass is 9.97. The van der Waals surface area contributed by atoms with Gasteiger partial charge in [-0.1, -0.05) is 11.2 Å². The summed E-state index contributed by atoms with van der Waals surface area (Å²) in [6, 6.07) is 3.49. The molecular formula is C16H14F4N2O3. The zero-order chi connectivity index (χ0) is 18.0. The minimum atomic E-state index is -4.80. The zero-order valence-corrected chi connectivity index (χ0v) is 13.0. The van der Waals surface area contributed by atoms with Crippen LogP contribution in [0.3, 0.4) is 0 Å². The van der Waals surface area contributed by atoms with E-state index in [1.807, 2.05) is 0 Å². The van der Waals surface area contributed by atoms with Crippen molar-refractivity contribution < 1.29 is 31.6 Å². The SMILES string of the molecule is O=C(CCC1CCOC1)c1ccc(-c2noc(C(F)(F)F)n2)c(F)c1. The molecule has 1 aliphatic rings. The van der Waals surface area contributed by atoms with Crippen LogP contribution in [0.4, 0.5) is 17.6 Å². The van der Waals surface area contributed by atoms with Crippen molar-refractivity contribution in [3.63, 3.8) is 0 Å². The highest BCUT2D eigenvalue weighted by atomic mass is 19.4. The number of benzene rings is 1. The number of alkyl halides is 3. The molecule has 0 radical (unpaired) electrons. The van der Waals surface area contributed by atoms with E-state index >= 15 is 0 Å². The van der Waals surface area contributed by atoms with E-state index in [1.165, 1.54) is 12.1 Å². The third-order valence-electron chi connectivity index (χ3n) is 4.00. The lowest BCUT2D eigenvalue weighted by molar-refractivity contribution is -0.159. The van der Waals surface area contributed by atoms with Crippen LogP contribution in [0.5, 0.6) is 0 Å². The number of hydrogen-bond acceptors (Lipinski definition) is 5. The van der Waals surface area contributed by atoms with Gasteiger partial charge in [0, 0.05) is 25.2 Å². The predicted octanol–water partition coefficient (Wildman–Crippen LogP) is 3.89. The summed E-state index contributed by atoms with van der Waals surface area (Å²) in [5.74, 6) is -2.87. The fourth-order valence-electron chi connectivity index (χ4n) is 2.61. The Morgan fingerprint density at radius 1 is 1.32 bits per heavy atom. The van der Waals surface area contributed by atoms with Gasteiger partial charge in [0.25, 0.3) is 0 Å². The fraction of sp³-hybridized carbons (Fsp3) is 0.438. The van der Waals surface area contributed by atoms with Crippen molar-refractivity contribution in [1.82, 2.24) is 10.1 Å². The highest BCUT2D eigenvalue weighted by molar-refractivity contribution is 5.96. The summed E-state index contributed by atoms with van der Waals surface area (Å²) in [6.45, 7) is 1.31. The molecule has 0 amide bonds. The number of carbonyl (C=O) groups is 1. The number of halogens is 4. The van der Waals surface area contributed by atoms with Gasteiger partial charge in [-0.25, -0.2) is 4.39 Å². The molecule has 9 heteroatoms. The zero-order valence-electron chi connectivity index (χ0n) is 13.0. The van der Waals surface area contributed by atoms with Gasteiger partial charge in [-0.2, -0.15) is 18.2 Å². The summed E-state index contributed by atoms with van der Waals surface area (Å²) in [7, 11) is 0. The van der Waals surface area contributed by atoms with Crippen molar-refractivity contribution in [1.29, 1.82) is 0 Å². The van der Waals surface area contributed by atoms with Crippen LogP contribution in [0.25, 0.3) is 11.4 Å². The van der Waals surface area contributed by atoms with Gasteiger partial charge in [0.05, 0.1) is 5.56 Å². The third-order valence-corrected chi connectivity index (χ3v) is 4.00. The smallest absolute Gasteiger partial charge is 0.381 e. The van der Waals surface area contributed by atoms with Crippen molar-refractivity contribution in [2.45, 2.75) is 25.4 Å². The maximum Gasteiger partial charge on any atom is 0.471 e. The van der Waals surface area contributed by atoms with E-state index in [4.69, 9.17) is 4.74 Å². The topological polar surface area (TPSA) is 65.2 Å². The summed E-state index contributed by atoms with van der Waals surface area (Å²) in [5, 5.41) is 3.13. The number of rotatable bonds is 5. The van der Waals surface area contributed by atoms with Gasteiger partial charge in [-0.3, -0.25) is 4.79 Å². The summed E-state index contributed by atoms with van der Waals surface area (Å²) in [6.07, 6.45) is -2.99. The Morgan fingerprint density at radius 3 is 2.72 bits per heavy atom. The molecule has 0 aliphatic carbocycles. The highest BCUT2D eigenvalue weighted by Gasteiger charge is 2.38. The number of ketones is 1. The van der Waals surface area contributed by atoms with Crippen LogP contribution < -0.4 is 0 Å². The summed E-state index contributed by atoms with van der Waals surface area (Å²) in [4.78, 5) is 15.3. The molecule has 1 aromatic carbocycles. The molecular weight excluding hydrogens is 344 g/mol.